The molecule has 0 unspecified atom stereocenters. The van der Waals surface area contributed by atoms with Gasteiger partial charge < -0.3 is 0 Å². The first-order valence-electron chi connectivity index (χ1n) is 6.74. The van der Waals surface area contributed by atoms with Crippen LogP contribution in [0.25, 0.3) is 11.1 Å². The lowest BCUT2D eigenvalue weighted by atomic mass is 9.90. The minimum absolute atomic E-state index is 0.590. The fourth-order valence-corrected chi connectivity index (χ4v) is 3.00. The predicted octanol–water partition coefficient (Wildman–Crippen LogP) is 5.19. The molecule has 0 heteroatoms. The number of hydrogen-bond acceptors (Lipinski definition) is 0. The van der Waals surface area contributed by atoms with Gasteiger partial charge in [0.25, 0.3) is 0 Å². The van der Waals surface area contributed by atoms with Crippen molar-refractivity contribution in [2.24, 2.45) is 0 Å². The van der Waals surface area contributed by atoms with Gasteiger partial charge in [0.15, 0.2) is 0 Å². The van der Waals surface area contributed by atoms with Crippen LogP contribution in [0.15, 0.2) is 48.5 Å². The molecule has 0 saturated heterocycles. The van der Waals surface area contributed by atoms with Gasteiger partial charge in [-0.05, 0) is 41.0 Å². The highest BCUT2D eigenvalue weighted by molar-refractivity contribution is 5.78. The van der Waals surface area contributed by atoms with E-state index in [-0.39, 0.29) is 0 Å². The van der Waals surface area contributed by atoms with Crippen LogP contribution in [0.3, 0.4) is 0 Å². The summed E-state index contributed by atoms with van der Waals surface area (Å²) in [6.45, 7) is 4.46. The predicted molar refractivity (Wildman–Crippen MR) is 77.5 cm³/mol. The van der Waals surface area contributed by atoms with Gasteiger partial charge in [-0.3, -0.25) is 0 Å². The fraction of sp³-hybridized carbons (Fsp3) is 0.278. The van der Waals surface area contributed by atoms with Crippen LogP contribution in [-0.4, -0.2) is 0 Å². The van der Waals surface area contributed by atoms with Crippen molar-refractivity contribution in [3.05, 3.63) is 65.6 Å². The Kier molecular flexibility index (Phi) is 2.95. The molecule has 91 valence electrons. The highest BCUT2D eigenvalue weighted by Crippen LogP contribution is 2.46. The zero-order valence-electron chi connectivity index (χ0n) is 11.1. The number of rotatable bonds is 3. The van der Waals surface area contributed by atoms with Gasteiger partial charge in [0.2, 0.25) is 0 Å². The van der Waals surface area contributed by atoms with Crippen LogP contribution in [0.5, 0.6) is 0 Å². The van der Waals surface area contributed by atoms with Crippen molar-refractivity contribution < 1.29 is 0 Å². The molecule has 1 aliphatic rings. The average Bonchev–Trinajstić information content (AvgIpc) is 2.71. The zero-order valence-corrected chi connectivity index (χ0v) is 11.1. The molecule has 1 aliphatic carbocycles. The van der Waals surface area contributed by atoms with Crippen LogP contribution >= 0.6 is 0 Å². The number of fused-ring (bicyclic) bond motifs is 3. The van der Waals surface area contributed by atoms with E-state index in [0.717, 1.165) is 0 Å². The lowest BCUT2D eigenvalue weighted by Gasteiger charge is -2.14. The standard InChI is InChI=1S/C18H19/c1-13(2)11-12-18-16-9-5-3-7-14(16)15-8-4-6-10-17(15)18/h3-10,18H,11-12H2,1-2H3. The van der Waals surface area contributed by atoms with Crippen LogP contribution in [0.2, 0.25) is 0 Å². The van der Waals surface area contributed by atoms with Gasteiger partial charge in [0.1, 0.15) is 0 Å². The summed E-state index contributed by atoms with van der Waals surface area (Å²) in [4.78, 5) is 0. The van der Waals surface area contributed by atoms with E-state index in [2.05, 4.69) is 62.4 Å². The van der Waals surface area contributed by atoms with Crippen LogP contribution in [-0.2, 0) is 0 Å². The van der Waals surface area contributed by atoms with E-state index in [0.29, 0.717) is 5.92 Å². The van der Waals surface area contributed by atoms with Crippen LogP contribution in [0.4, 0.5) is 0 Å². The molecule has 0 aliphatic heterocycles. The van der Waals surface area contributed by atoms with E-state index in [1.54, 1.807) is 0 Å². The number of benzene rings is 2. The summed E-state index contributed by atoms with van der Waals surface area (Å²) in [6, 6.07) is 17.7. The molecule has 0 spiro atoms. The molecule has 0 saturated carbocycles. The van der Waals surface area contributed by atoms with Crippen molar-refractivity contribution in [2.75, 3.05) is 0 Å². The molecular formula is C18H19. The topological polar surface area (TPSA) is 0 Å². The van der Waals surface area contributed by atoms with Gasteiger partial charge in [0, 0.05) is 5.92 Å². The molecule has 0 bridgehead atoms. The van der Waals surface area contributed by atoms with Crippen LogP contribution in [0, 0.1) is 5.92 Å². The van der Waals surface area contributed by atoms with E-state index in [9.17, 15) is 0 Å². The molecule has 0 aromatic heterocycles. The van der Waals surface area contributed by atoms with Crippen LogP contribution < -0.4 is 0 Å². The molecule has 0 N–H and O–H groups in total. The van der Waals surface area contributed by atoms with Crippen LogP contribution in [0.1, 0.15) is 43.7 Å². The molecule has 0 atom stereocenters. The molecule has 0 amide bonds. The maximum atomic E-state index is 2.30. The first-order chi connectivity index (χ1) is 8.77. The highest BCUT2D eigenvalue weighted by atomic mass is 14.3. The van der Waals surface area contributed by atoms with E-state index >= 15 is 0 Å². The van der Waals surface area contributed by atoms with Crippen molar-refractivity contribution in [3.63, 3.8) is 0 Å². The Bertz CT molecular complexity index is 506. The van der Waals surface area contributed by atoms with Crippen molar-refractivity contribution >= 4 is 0 Å². The van der Waals surface area contributed by atoms with Gasteiger partial charge in [-0.15, -0.1) is 0 Å². The van der Waals surface area contributed by atoms with E-state index in [1.165, 1.54) is 41.0 Å². The zero-order chi connectivity index (χ0) is 12.5. The summed E-state index contributed by atoms with van der Waals surface area (Å²) in [6.07, 6.45) is 2.45. The van der Waals surface area contributed by atoms with E-state index in [1.807, 2.05) is 0 Å². The van der Waals surface area contributed by atoms with E-state index in [4.69, 9.17) is 0 Å². The fourth-order valence-electron chi connectivity index (χ4n) is 3.00. The third kappa shape index (κ3) is 1.86. The molecule has 2 aromatic rings. The summed E-state index contributed by atoms with van der Waals surface area (Å²) >= 11 is 0. The number of hydrogen-bond donors (Lipinski definition) is 0. The monoisotopic (exact) mass is 235 g/mol. The molecule has 3 rings (SSSR count). The summed E-state index contributed by atoms with van der Waals surface area (Å²) < 4.78 is 0. The third-order valence-electron chi connectivity index (χ3n) is 3.90. The second kappa shape index (κ2) is 4.61. The van der Waals surface area contributed by atoms with Crippen molar-refractivity contribution in [1.82, 2.24) is 0 Å². The summed E-state index contributed by atoms with van der Waals surface area (Å²) in [7, 11) is 0. The largest absolute Gasteiger partial charge is 0.0619 e. The third-order valence-corrected chi connectivity index (χ3v) is 3.90. The van der Waals surface area contributed by atoms with Gasteiger partial charge >= 0.3 is 0 Å². The molecule has 0 heterocycles. The van der Waals surface area contributed by atoms with Gasteiger partial charge in [-0.1, -0.05) is 62.4 Å². The van der Waals surface area contributed by atoms with Crippen molar-refractivity contribution in [3.8, 4) is 11.1 Å². The Morgan fingerprint density at radius 2 is 1.33 bits per heavy atom. The minimum Gasteiger partial charge on any atom is -0.0619 e. The second-order valence-corrected chi connectivity index (χ2v) is 5.47. The maximum absolute atomic E-state index is 2.30. The molecule has 0 fully saturated rings. The average molecular weight is 235 g/mol. The van der Waals surface area contributed by atoms with E-state index < -0.39 is 0 Å². The first-order valence-corrected chi connectivity index (χ1v) is 6.74. The molecule has 0 nitrogen and oxygen atoms in total. The summed E-state index contributed by atoms with van der Waals surface area (Å²) in [5.41, 5.74) is 5.90. The Balaban J connectivity index is 2.03. The van der Waals surface area contributed by atoms with Gasteiger partial charge in [-0.25, -0.2) is 0 Å². The summed E-state index contributed by atoms with van der Waals surface area (Å²) in [5, 5.41) is 0. The second-order valence-electron chi connectivity index (χ2n) is 5.47. The summed E-state index contributed by atoms with van der Waals surface area (Å²) in [5.74, 6) is 2.11. The molecule has 2 aromatic carbocycles. The highest BCUT2D eigenvalue weighted by Gasteiger charge is 2.27. The minimum atomic E-state index is 0.590. The maximum Gasteiger partial charge on any atom is 0.0102 e. The Morgan fingerprint density at radius 1 is 0.833 bits per heavy atom. The Hall–Kier alpha value is -1.56. The van der Waals surface area contributed by atoms with Crippen molar-refractivity contribution in [2.45, 2.75) is 32.6 Å². The molecular weight excluding hydrogens is 216 g/mol. The Labute approximate surface area is 110 Å². The lowest BCUT2D eigenvalue weighted by Crippen LogP contribution is -1.98. The first kappa shape index (κ1) is 11.5. The quantitative estimate of drug-likeness (QED) is 0.686. The molecule has 18 heavy (non-hydrogen) atoms. The molecule has 1 radical (unpaired) electrons. The van der Waals surface area contributed by atoms with Crippen molar-refractivity contribution in [1.29, 1.82) is 0 Å². The lowest BCUT2D eigenvalue weighted by molar-refractivity contribution is 0.682. The Morgan fingerprint density at radius 3 is 1.83 bits per heavy atom. The van der Waals surface area contributed by atoms with Gasteiger partial charge in [0.05, 0.1) is 0 Å². The SMILES string of the molecule is C[C](C)CCC1c2ccccc2-c2ccccc21. The normalized spacial score (nSPS) is 13.7. The van der Waals surface area contributed by atoms with Gasteiger partial charge in [-0.2, -0.15) is 0 Å². The smallest absolute Gasteiger partial charge is 0.0102 e.